The smallest absolute Gasteiger partial charge is 0.248 e. The van der Waals surface area contributed by atoms with Gasteiger partial charge in [-0.2, -0.15) is 0 Å². The van der Waals surface area contributed by atoms with Crippen LogP contribution < -0.4 is 10.5 Å². The Bertz CT molecular complexity index is 699. The van der Waals surface area contributed by atoms with Crippen molar-refractivity contribution in [3.63, 3.8) is 0 Å². The molecule has 1 fully saturated rings. The highest BCUT2D eigenvalue weighted by Gasteiger charge is 2.28. The number of nitrogens with two attached hydrogens (primary N) is 1. The second-order valence-corrected chi connectivity index (χ2v) is 5.94. The van der Waals surface area contributed by atoms with Crippen molar-refractivity contribution >= 4 is 5.91 Å². The molecule has 4 heteroatoms. The Kier molecular flexibility index (Phi) is 4.63. The molecule has 120 valence electrons. The van der Waals surface area contributed by atoms with Gasteiger partial charge in [0.25, 0.3) is 0 Å². The highest BCUT2D eigenvalue weighted by Crippen LogP contribution is 2.37. The van der Waals surface area contributed by atoms with Crippen LogP contribution in [0.2, 0.25) is 0 Å². The predicted octanol–water partition coefficient (Wildman–Crippen LogP) is 3.13. The zero-order valence-corrected chi connectivity index (χ0v) is 13.4. The fourth-order valence-corrected chi connectivity index (χ4v) is 3.37. The number of nitrogens with zero attached hydrogens (tertiary/aromatic N) is 1. The van der Waals surface area contributed by atoms with Gasteiger partial charge >= 0.3 is 0 Å². The number of primary amides is 1. The minimum atomic E-state index is -0.380. The van der Waals surface area contributed by atoms with Crippen LogP contribution in [0.5, 0.6) is 5.75 Å². The number of ether oxygens (including phenoxy) is 1. The molecule has 2 aromatic carbocycles. The summed E-state index contributed by atoms with van der Waals surface area (Å²) < 4.78 is 5.52. The van der Waals surface area contributed by atoms with E-state index in [1.807, 2.05) is 30.3 Å². The van der Waals surface area contributed by atoms with Crippen molar-refractivity contribution in [3.8, 4) is 5.75 Å². The minimum Gasteiger partial charge on any atom is -0.496 e. The van der Waals surface area contributed by atoms with Crippen LogP contribution in [0.15, 0.2) is 48.5 Å². The normalized spacial score (nSPS) is 18.0. The molecular weight excluding hydrogens is 288 g/mol. The third-order valence-corrected chi connectivity index (χ3v) is 4.46. The quantitative estimate of drug-likeness (QED) is 0.923. The van der Waals surface area contributed by atoms with E-state index in [0.29, 0.717) is 11.6 Å². The first-order valence-electron chi connectivity index (χ1n) is 7.95. The second-order valence-electron chi connectivity index (χ2n) is 5.94. The van der Waals surface area contributed by atoms with Gasteiger partial charge in [-0.15, -0.1) is 0 Å². The molecule has 1 aliphatic heterocycles. The van der Waals surface area contributed by atoms with E-state index >= 15 is 0 Å². The third-order valence-electron chi connectivity index (χ3n) is 4.46. The molecule has 1 saturated heterocycles. The number of hydrogen-bond acceptors (Lipinski definition) is 3. The van der Waals surface area contributed by atoms with Gasteiger partial charge in [0.05, 0.1) is 7.11 Å². The first kappa shape index (κ1) is 15.6. The van der Waals surface area contributed by atoms with E-state index in [9.17, 15) is 4.79 Å². The Balaban J connectivity index is 1.82. The summed E-state index contributed by atoms with van der Waals surface area (Å²) in [6, 6.07) is 16.1. The summed E-state index contributed by atoms with van der Waals surface area (Å²) in [6.07, 6.45) is 2.29. The van der Waals surface area contributed by atoms with Crippen LogP contribution in [0.1, 0.15) is 40.4 Å². The molecule has 1 unspecified atom stereocenters. The number of amides is 1. The maximum Gasteiger partial charge on any atom is 0.248 e. The third kappa shape index (κ3) is 3.37. The van der Waals surface area contributed by atoms with E-state index in [0.717, 1.165) is 37.2 Å². The number of benzene rings is 2. The van der Waals surface area contributed by atoms with Gasteiger partial charge in [0, 0.05) is 23.7 Å². The van der Waals surface area contributed by atoms with Crippen LogP contribution in [-0.4, -0.2) is 24.5 Å². The fourth-order valence-electron chi connectivity index (χ4n) is 3.37. The minimum absolute atomic E-state index is 0.350. The number of hydrogen-bond donors (Lipinski definition) is 1. The van der Waals surface area contributed by atoms with Crippen molar-refractivity contribution in [2.75, 3.05) is 13.7 Å². The Morgan fingerprint density at radius 1 is 1.26 bits per heavy atom. The van der Waals surface area contributed by atoms with E-state index < -0.39 is 0 Å². The van der Waals surface area contributed by atoms with Crippen LogP contribution in [0, 0.1) is 0 Å². The van der Waals surface area contributed by atoms with Gasteiger partial charge in [0.2, 0.25) is 5.91 Å². The highest BCUT2D eigenvalue weighted by molar-refractivity contribution is 5.92. The lowest BCUT2D eigenvalue weighted by atomic mass is 10.0. The van der Waals surface area contributed by atoms with Crippen LogP contribution in [0.25, 0.3) is 0 Å². The van der Waals surface area contributed by atoms with Crippen molar-refractivity contribution in [2.24, 2.45) is 5.73 Å². The van der Waals surface area contributed by atoms with E-state index in [-0.39, 0.29) is 5.91 Å². The number of carbonyl (C=O) groups is 1. The van der Waals surface area contributed by atoms with E-state index in [1.54, 1.807) is 13.2 Å². The molecule has 0 aromatic heterocycles. The number of methoxy groups -OCH3 is 1. The maximum atomic E-state index is 11.4. The fraction of sp³-hybridized carbons (Fsp3) is 0.316. The number of carbonyl (C=O) groups excluding carboxylic acids is 1. The Hall–Kier alpha value is -2.33. The van der Waals surface area contributed by atoms with Crippen LogP contribution >= 0.6 is 0 Å². The molecule has 1 atom stereocenters. The topological polar surface area (TPSA) is 55.6 Å². The van der Waals surface area contributed by atoms with Crippen molar-refractivity contribution in [3.05, 3.63) is 65.2 Å². The maximum absolute atomic E-state index is 11.4. The molecule has 0 bridgehead atoms. The lowest BCUT2D eigenvalue weighted by Crippen LogP contribution is -2.23. The summed E-state index contributed by atoms with van der Waals surface area (Å²) in [5.74, 6) is 0.560. The molecule has 1 heterocycles. The first-order chi connectivity index (χ1) is 11.2. The average Bonchev–Trinajstić information content (AvgIpc) is 3.03. The number of rotatable bonds is 5. The molecule has 1 aliphatic rings. The summed E-state index contributed by atoms with van der Waals surface area (Å²) in [6.45, 7) is 1.85. The van der Waals surface area contributed by atoms with Gasteiger partial charge in [-0.05, 0) is 43.1 Å². The molecule has 1 amide bonds. The van der Waals surface area contributed by atoms with Gasteiger partial charge < -0.3 is 10.5 Å². The summed E-state index contributed by atoms with van der Waals surface area (Å²) in [5.41, 5.74) is 8.29. The van der Waals surface area contributed by atoms with Crippen molar-refractivity contribution < 1.29 is 9.53 Å². The molecular formula is C19H22N2O2. The summed E-state index contributed by atoms with van der Waals surface area (Å²) in [4.78, 5) is 13.8. The molecule has 2 N–H and O–H groups in total. The predicted molar refractivity (Wildman–Crippen MR) is 90.3 cm³/mol. The lowest BCUT2D eigenvalue weighted by molar-refractivity contribution is 0.1000. The van der Waals surface area contributed by atoms with Crippen molar-refractivity contribution in [1.29, 1.82) is 0 Å². The average molecular weight is 310 g/mol. The first-order valence-corrected chi connectivity index (χ1v) is 7.95. The van der Waals surface area contributed by atoms with Gasteiger partial charge in [-0.25, -0.2) is 0 Å². The molecule has 4 nitrogen and oxygen atoms in total. The largest absolute Gasteiger partial charge is 0.496 e. The van der Waals surface area contributed by atoms with Gasteiger partial charge in [-0.1, -0.05) is 30.3 Å². The van der Waals surface area contributed by atoms with Crippen LogP contribution in [-0.2, 0) is 6.54 Å². The van der Waals surface area contributed by atoms with E-state index in [2.05, 4.69) is 17.0 Å². The molecule has 0 spiro atoms. The standard InChI is InChI=1S/C19H22N2O2/c1-23-18-10-3-2-8-16(18)17-9-5-11-21(17)13-14-6-4-7-15(12-14)19(20)22/h2-4,6-8,10,12,17H,5,9,11,13H2,1H3,(H2,20,22). The molecule has 0 radical (unpaired) electrons. The number of likely N-dealkylation sites (tertiary alicyclic amines) is 1. The van der Waals surface area contributed by atoms with Crippen molar-refractivity contribution in [1.82, 2.24) is 4.90 Å². The highest BCUT2D eigenvalue weighted by atomic mass is 16.5. The summed E-state index contributed by atoms with van der Waals surface area (Å²) in [5, 5.41) is 0. The zero-order chi connectivity index (χ0) is 16.2. The Morgan fingerprint density at radius 2 is 2.09 bits per heavy atom. The number of para-hydroxylation sites is 1. The summed E-state index contributed by atoms with van der Waals surface area (Å²) in [7, 11) is 1.72. The van der Waals surface area contributed by atoms with Gasteiger partial charge in [0.1, 0.15) is 5.75 Å². The lowest BCUT2D eigenvalue weighted by Gasteiger charge is -2.26. The van der Waals surface area contributed by atoms with E-state index in [4.69, 9.17) is 10.5 Å². The molecule has 2 aromatic rings. The molecule has 23 heavy (non-hydrogen) atoms. The monoisotopic (exact) mass is 310 g/mol. The van der Waals surface area contributed by atoms with Crippen LogP contribution in [0.3, 0.4) is 0 Å². The van der Waals surface area contributed by atoms with Crippen LogP contribution in [0.4, 0.5) is 0 Å². The Morgan fingerprint density at radius 3 is 2.87 bits per heavy atom. The van der Waals surface area contributed by atoms with Gasteiger partial charge in [0.15, 0.2) is 0 Å². The second kappa shape index (κ2) is 6.84. The SMILES string of the molecule is COc1ccccc1C1CCCN1Cc1cccc(C(N)=O)c1. The molecule has 0 aliphatic carbocycles. The van der Waals surface area contributed by atoms with E-state index in [1.165, 1.54) is 5.56 Å². The van der Waals surface area contributed by atoms with Crippen molar-refractivity contribution in [2.45, 2.75) is 25.4 Å². The summed E-state index contributed by atoms with van der Waals surface area (Å²) >= 11 is 0. The molecule has 0 saturated carbocycles. The van der Waals surface area contributed by atoms with Gasteiger partial charge in [-0.3, -0.25) is 9.69 Å². The zero-order valence-electron chi connectivity index (χ0n) is 13.4. The molecule has 3 rings (SSSR count). The Labute approximate surface area is 136 Å².